The average Bonchev–Trinajstić information content (AvgIpc) is 2.95. The second-order valence-electron chi connectivity index (χ2n) is 5.39. The molecular weight excluding hydrogens is 335 g/mol. The third-order valence-electron chi connectivity index (χ3n) is 3.91. The number of fused-ring (bicyclic) bond motifs is 1. The second kappa shape index (κ2) is 7.11. The molecule has 0 saturated heterocycles. The summed E-state index contributed by atoms with van der Waals surface area (Å²) in [5, 5.41) is 13.0. The number of aromatic hydroxyl groups is 1. The summed E-state index contributed by atoms with van der Waals surface area (Å²) in [7, 11) is 3.20. The Bertz CT molecular complexity index is 969. The van der Waals surface area contributed by atoms with Gasteiger partial charge in [0.05, 0.1) is 5.39 Å². The molecule has 0 saturated carbocycles. The van der Waals surface area contributed by atoms with E-state index in [4.69, 9.17) is 0 Å². The van der Waals surface area contributed by atoms with Gasteiger partial charge in [-0.3, -0.25) is 9.59 Å². The van der Waals surface area contributed by atoms with Crippen molar-refractivity contribution in [1.29, 1.82) is 0 Å². The fourth-order valence-electron chi connectivity index (χ4n) is 2.58. The van der Waals surface area contributed by atoms with Gasteiger partial charge >= 0.3 is 29.6 Å². The molecule has 0 atom stereocenters. The van der Waals surface area contributed by atoms with Crippen molar-refractivity contribution < 1.29 is 40.9 Å². The van der Waals surface area contributed by atoms with Gasteiger partial charge in [-0.15, -0.1) is 11.3 Å². The molecule has 5 nitrogen and oxygen atoms in total. The van der Waals surface area contributed by atoms with Crippen LogP contribution in [0, 0.1) is 6.92 Å². The number of pyridine rings is 1. The molecule has 0 fully saturated rings. The number of hydrogen-bond acceptors (Lipinski definition) is 4. The molecule has 1 N–H and O–H groups in total. The number of aryl methyl sites for hydroxylation is 2. The number of rotatable bonds is 2. The Hall–Kier alpha value is -1.60. The number of anilines is 1. The first-order chi connectivity index (χ1) is 10.9. The summed E-state index contributed by atoms with van der Waals surface area (Å²) in [6.07, 6.45) is 0. The van der Waals surface area contributed by atoms with E-state index < -0.39 is 11.5 Å². The van der Waals surface area contributed by atoms with Gasteiger partial charge in [-0.1, -0.05) is 18.2 Å². The van der Waals surface area contributed by atoms with Crippen LogP contribution in [0.25, 0.3) is 10.2 Å². The zero-order valence-electron chi connectivity index (χ0n) is 15.0. The van der Waals surface area contributed by atoms with Gasteiger partial charge < -0.3 is 16.0 Å². The summed E-state index contributed by atoms with van der Waals surface area (Å²) in [5.41, 5.74) is 0.799. The maximum absolute atomic E-state index is 12.8. The predicted molar refractivity (Wildman–Crippen MR) is 93.8 cm³/mol. The van der Waals surface area contributed by atoms with Crippen LogP contribution in [-0.2, 0) is 7.05 Å². The summed E-state index contributed by atoms with van der Waals surface area (Å²) in [5.74, 6) is -0.767. The van der Waals surface area contributed by atoms with E-state index >= 15 is 0 Å². The first-order valence-corrected chi connectivity index (χ1v) is 7.94. The van der Waals surface area contributed by atoms with Crippen LogP contribution in [0.15, 0.2) is 40.5 Å². The zero-order chi connectivity index (χ0) is 16.7. The molecule has 2 aromatic heterocycles. The average molecular weight is 352 g/mol. The van der Waals surface area contributed by atoms with Gasteiger partial charge in [0.2, 0.25) is 0 Å². The molecule has 1 aromatic carbocycles. The van der Waals surface area contributed by atoms with Crippen LogP contribution in [0.2, 0.25) is 0 Å². The second-order valence-corrected chi connectivity index (χ2v) is 6.24. The van der Waals surface area contributed by atoms with Gasteiger partial charge in [0.1, 0.15) is 16.1 Å². The zero-order valence-corrected chi connectivity index (χ0v) is 16.8. The van der Waals surface area contributed by atoms with E-state index in [-0.39, 0.29) is 42.3 Å². The Labute approximate surface area is 166 Å². The van der Waals surface area contributed by atoms with Crippen molar-refractivity contribution in [2.75, 3.05) is 11.9 Å². The topological polar surface area (TPSA) is 62.5 Å². The van der Waals surface area contributed by atoms with Gasteiger partial charge in [-0.2, -0.15) is 0 Å². The minimum absolute atomic E-state index is 0. The minimum atomic E-state index is -0.526. The molecule has 0 bridgehead atoms. The van der Waals surface area contributed by atoms with Gasteiger partial charge in [0.15, 0.2) is 0 Å². The summed E-state index contributed by atoms with van der Waals surface area (Å²) in [6, 6.07) is 9.01. The number of para-hydroxylation sites is 1. The molecule has 1 amide bonds. The van der Waals surface area contributed by atoms with Crippen LogP contribution in [-0.4, -0.2) is 22.6 Å². The molecule has 24 heavy (non-hydrogen) atoms. The van der Waals surface area contributed by atoms with Crippen LogP contribution in [0.3, 0.4) is 0 Å². The fourth-order valence-corrected chi connectivity index (χ4v) is 3.60. The first-order valence-electron chi connectivity index (χ1n) is 7.06. The summed E-state index contributed by atoms with van der Waals surface area (Å²) in [6.45, 7) is 1.85. The predicted octanol–water partition coefficient (Wildman–Crippen LogP) is 0.00712. The normalized spacial score (nSPS) is 10.5. The van der Waals surface area contributed by atoms with Crippen molar-refractivity contribution in [3.63, 3.8) is 0 Å². The molecule has 0 unspecified atom stereocenters. The molecule has 0 aliphatic rings. The Morgan fingerprint density at radius 2 is 1.92 bits per heavy atom. The number of aromatic nitrogens is 1. The third kappa shape index (κ3) is 2.91. The number of carbonyl (C=O) groups is 1. The van der Waals surface area contributed by atoms with Crippen molar-refractivity contribution in [2.24, 2.45) is 7.05 Å². The van der Waals surface area contributed by atoms with E-state index in [0.29, 0.717) is 15.9 Å². The molecule has 0 radical (unpaired) electrons. The number of amides is 1. The van der Waals surface area contributed by atoms with Crippen molar-refractivity contribution in [3.8, 4) is 5.75 Å². The van der Waals surface area contributed by atoms with E-state index in [1.807, 2.05) is 30.5 Å². The van der Waals surface area contributed by atoms with Crippen molar-refractivity contribution in [1.82, 2.24) is 4.57 Å². The molecule has 0 spiro atoms. The summed E-state index contributed by atoms with van der Waals surface area (Å²) >= 11 is 1.37. The van der Waals surface area contributed by atoms with Crippen molar-refractivity contribution in [3.05, 3.63) is 57.2 Å². The molecule has 120 valence electrons. The quantitative estimate of drug-likeness (QED) is 0.661. The molecule has 7 heteroatoms. The number of carbonyl (C=O) groups excluding carboxylic acids is 1. The van der Waals surface area contributed by atoms with E-state index in [1.165, 1.54) is 20.8 Å². The van der Waals surface area contributed by atoms with E-state index in [1.54, 1.807) is 26.2 Å². The van der Waals surface area contributed by atoms with Crippen LogP contribution in [0.4, 0.5) is 5.69 Å². The number of hydrogen-bond donors (Lipinski definition) is 1. The van der Waals surface area contributed by atoms with Crippen LogP contribution in [0.1, 0.15) is 17.3 Å². The number of thiophene rings is 1. The Balaban J connectivity index is 0.00000156. The van der Waals surface area contributed by atoms with E-state index in [2.05, 4.69) is 0 Å². The largest absolute Gasteiger partial charge is 1.00 e. The van der Waals surface area contributed by atoms with E-state index in [9.17, 15) is 14.7 Å². The van der Waals surface area contributed by atoms with Gasteiger partial charge in [-0.25, -0.2) is 0 Å². The molecule has 3 aromatic rings. The molecule has 0 aliphatic carbocycles. The maximum atomic E-state index is 12.8. The maximum Gasteiger partial charge on any atom is 1.00 e. The Morgan fingerprint density at radius 3 is 2.54 bits per heavy atom. The fraction of sp³-hybridized carbons (Fsp3) is 0.176. The van der Waals surface area contributed by atoms with Crippen molar-refractivity contribution >= 4 is 33.1 Å². The van der Waals surface area contributed by atoms with Crippen molar-refractivity contribution in [2.45, 2.75) is 6.92 Å². The smallest absolute Gasteiger partial charge is 1.00 e. The molecular formula is C17H17N2NaO3S. The van der Waals surface area contributed by atoms with E-state index in [0.717, 1.165) is 5.56 Å². The van der Waals surface area contributed by atoms with Gasteiger partial charge in [0, 0.05) is 19.8 Å². The number of nitrogens with zero attached hydrogens (tertiary/aromatic N) is 2. The monoisotopic (exact) mass is 352 g/mol. The van der Waals surface area contributed by atoms with Gasteiger partial charge in [0.25, 0.3) is 11.5 Å². The Kier molecular flexibility index (Phi) is 5.55. The standard InChI is InChI=1S/C17H16N2O3S.Na.H/c1-10-9-23-17-12(10)14(20)13(16(22)19(17)3)15(21)18(2)11-7-5-4-6-8-11;;/h4-9,20H,1-3H3;;/q;+1;-1. The molecule has 3 rings (SSSR count). The number of benzene rings is 1. The minimum Gasteiger partial charge on any atom is -1.00 e. The first kappa shape index (κ1) is 18.7. The van der Waals surface area contributed by atoms with Gasteiger partial charge in [-0.05, 0) is 30.0 Å². The SMILES string of the molecule is Cc1csc2c1c(O)c(C(=O)N(C)c1ccccc1)c(=O)n2C.[H-].[Na+]. The molecule has 0 aliphatic heterocycles. The molecule has 2 heterocycles. The summed E-state index contributed by atoms with van der Waals surface area (Å²) in [4.78, 5) is 27.3. The van der Waals surface area contributed by atoms with Crippen LogP contribution >= 0.6 is 11.3 Å². The van der Waals surface area contributed by atoms with Crippen LogP contribution < -0.4 is 40.0 Å². The van der Waals surface area contributed by atoms with Crippen LogP contribution in [0.5, 0.6) is 5.75 Å². The third-order valence-corrected chi connectivity index (χ3v) is 5.09. The Morgan fingerprint density at radius 1 is 1.29 bits per heavy atom. The summed E-state index contributed by atoms with van der Waals surface area (Å²) < 4.78 is 1.42.